The summed E-state index contributed by atoms with van der Waals surface area (Å²) in [6.07, 6.45) is 2.88. The lowest BCUT2D eigenvalue weighted by Crippen LogP contribution is -2.28. The maximum atomic E-state index is 4.55. The van der Waals surface area contributed by atoms with Crippen molar-refractivity contribution < 1.29 is 0 Å². The second-order valence-corrected chi connectivity index (χ2v) is 4.41. The highest BCUT2D eigenvalue weighted by Crippen LogP contribution is 2.16. The van der Waals surface area contributed by atoms with E-state index in [2.05, 4.69) is 30.5 Å². The van der Waals surface area contributed by atoms with Gasteiger partial charge in [-0.05, 0) is 19.0 Å². The molecule has 0 saturated carbocycles. The summed E-state index contributed by atoms with van der Waals surface area (Å²) in [5, 5.41) is 14.8. The molecule has 3 heterocycles. The molecule has 2 aromatic heterocycles. The van der Waals surface area contributed by atoms with Gasteiger partial charge < -0.3 is 10.2 Å². The summed E-state index contributed by atoms with van der Waals surface area (Å²) in [4.78, 5) is 6.75. The van der Waals surface area contributed by atoms with E-state index in [0.717, 1.165) is 50.1 Å². The Kier molecular flexibility index (Phi) is 2.97. The van der Waals surface area contributed by atoms with Crippen molar-refractivity contribution >= 4 is 5.95 Å². The third-order valence-corrected chi connectivity index (χ3v) is 3.16. The second kappa shape index (κ2) is 4.77. The fraction of sp³-hybridized carbons (Fsp3) is 0.545. The van der Waals surface area contributed by atoms with Gasteiger partial charge >= 0.3 is 0 Å². The quantitative estimate of drug-likeness (QED) is 0.781. The summed E-state index contributed by atoms with van der Waals surface area (Å²) >= 11 is 0. The number of nitrogens with zero attached hydrogens (tertiary/aromatic N) is 5. The van der Waals surface area contributed by atoms with E-state index in [4.69, 9.17) is 0 Å². The Labute approximate surface area is 105 Å². The number of rotatable bonds is 2. The van der Waals surface area contributed by atoms with Gasteiger partial charge in [0.15, 0.2) is 5.82 Å². The Bertz CT molecular complexity index is 507. The summed E-state index contributed by atoms with van der Waals surface area (Å²) < 4.78 is 1.79. The van der Waals surface area contributed by atoms with E-state index >= 15 is 0 Å². The molecule has 96 valence electrons. The molecule has 2 aromatic rings. The number of aryl methyl sites for hydroxylation is 1. The zero-order valence-corrected chi connectivity index (χ0v) is 10.4. The van der Waals surface area contributed by atoms with Crippen molar-refractivity contribution in [1.82, 2.24) is 30.3 Å². The van der Waals surface area contributed by atoms with E-state index < -0.39 is 0 Å². The van der Waals surface area contributed by atoms with Crippen molar-refractivity contribution in [3.05, 3.63) is 12.3 Å². The normalized spacial score (nSPS) is 16.8. The van der Waals surface area contributed by atoms with E-state index in [9.17, 15) is 0 Å². The number of hydrogen-bond donors (Lipinski definition) is 2. The fourth-order valence-electron chi connectivity index (χ4n) is 2.16. The second-order valence-electron chi connectivity index (χ2n) is 4.41. The van der Waals surface area contributed by atoms with Gasteiger partial charge in [0.05, 0.1) is 0 Å². The molecule has 0 atom stereocenters. The van der Waals surface area contributed by atoms with E-state index in [1.54, 1.807) is 10.9 Å². The summed E-state index contributed by atoms with van der Waals surface area (Å²) in [5.41, 5.74) is 0.946. The van der Waals surface area contributed by atoms with Crippen LogP contribution in [-0.2, 0) is 7.05 Å². The molecule has 2 N–H and O–H groups in total. The molecule has 0 aromatic carbocycles. The number of anilines is 1. The van der Waals surface area contributed by atoms with Crippen LogP contribution in [0.3, 0.4) is 0 Å². The lowest BCUT2D eigenvalue weighted by atomic mass is 10.4. The Morgan fingerprint density at radius 1 is 1.28 bits per heavy atom. The van der Waals surface area contributed by atoms with Crippen LogP contribution in [0.15, 0.2) is 12.3 Å². The first-order chi connectivity index (χ1) is 8.84. The van der Waals surface area contributed by atoms with Gasteiger partial charge in [-0.2, -0.15) is 10.1 Å². The first-order valence-electron chi connectivity index (χ1n) is 6.21. The van der Waals surface area contributed by atoms with Gasteiger partial charge in [0.2, 0.25) is 5.95 Å². The first kappa shape index (κ1) is 11.2. The minimum absolute atomic E-state index is 0.766. The smallest absolute Gasteiger partial charge is 0.245 e. The van der Waals surface area contributed by atoms with Crippen LogP contribution in [0.4, 0.5) is 5.95 Å². The maximum absolute atomic E-state index is 4.55. The third-order valence-electron chi connectivity index (χ3n) is 3.16. The number of aromatic amines is 1. The predicted molar refractivity (Wildman–Crippen MR) is 68.3 cm³/mol. The Morgan fingerprint density at radius 3 is 3.06 bits per heavy atom. The lowest BCUT2D eigenvalue weighted by Gasteiger charge is -2.16. The van der Waals surface area contributed by atoms with Gasteiger partial charge in [0.25, 0.3) is 0 Å². The molecule has 0 aliphatic carbocycles. The molecular weight excluding hydrogens is 230 g/mol. The topological polar surface area (TPSA) is 74.7 Å². The molecular formula is C11H17N7. The Balaban J connectivity index is 1.82. The molecule has 0 radical (unpaired) electrons. The van der Waals surface area contributed by atoms with Crippen molar-refractivity contribution in [2.75, 3.05) is 31.1 Å². The Hall–Kier alpha value is -1.89. The number of H-pyrrole nitrogens is 1. The van der Waals surface area contributed by atoms with Crippen molar-refractivity contribution in [3.8, 4) is 11.5 Å². The summed E-state index contributed by atoms with van der Waals surface area (Å²) in [6.45, 7) is 3.99. The van der Waals surface area contributed by atoms with E-state index in [1.807, 2.05) is 13.1 Å². The zero-order chi connectivity index (χ0) is 12.4. The highest BCUT2D eigenvalue weighted by molar-refractivity contribution is 5.51. The largest absolute Gasteiger partial charge is 0.338 e. The van der Waals surface area contributed by atoms with Crippen LogP contribution < -0.4 is 10.2 Å². The van der Waals surface area contributed by atoms with E-state index in [-0.39, 0.29) is 0 Å². The molecule has 3 rings (SSSR count). The molecule has 7 nitrogen and oxygen atoms in total. The van der Waals surface area contributed by atoms with Crippen LogP contribution in [-0.4, -0.2) is 51.1 Å². The number of hydrogen-bond acceptors (Lipinski definition) is 5. The lowest BCUT2D eigenvalue weighted by molar-refractivity contribution is 0.724. The standard InChI is InChI=1S/C11H17N7/c1-17-9(3-5-13-17)10-14-11(16-15-10)18-7-2-4-12-6-8-18/h3,5,12H,2,4,6-8H2,1H3,(H,14,15,16). The van der Waals surface area contributed by atoms with Gasteiger partial charge in [-0.15, -0.1) is 5.10 Å². The zero-order valence-electron chi connectivity index (χ0n) is 10.4. The van der Waals surface area contributed by atoms with Crippen molar-refractivity contribution in [1.29, 1.82) is 0 Å². The van der Waals surface area contributed by atoms with Crippen LogP contribution >= 0.6 is 0 Å². The highest BCUT2D eigenvalue weighted by Gasteiger charge is 2.15. The molecule has 7 heteroatoms. The van der Waals surface area contributed by atoms with Crippen LogP contribution in [0, 0.1) is 0 Å². The minimum atomic E-state index is 0.766. The van der Waals surface area contributed by atoms with E-state index in [1.165, 1.54) is 0 Å². The molecule has 0 spiro atoms. The molecule has 1 fully saturated rings. The average Bonchev–Trinajstić information content (AvgIpc) is 2.91. The molecule has 1 aliphatic heterocycles. The molecule has 18 heavy (non-hydrogen) atoms. The molecule has 0 bridgehead atoms. The van der Waals surface area contributed by atoms with Crippen molar-refractivity contribution in [3.63, 3.8) is 0 Å². The van der Waals surface area contributed by atoms with Crippen molar-refractivity contribution in [2.45, 2.75) is 6.42 Å². The highest BCUT2D eigenvalue weighted by atomic mass is 15.4. The SMILES string of the molecule is Cn1nccc1-c1nc(N2CCCNCC2)n[nH]1. The summed E-state index contributed by atoms with van der Waals surface area (Å²) in [6, 6.07) is 1.92. The fourth-order valence-corrected chi connectivity index (χ4v) is 2.16. The van der Waals surface area contributed by atoms with Gasteiger partial charge in [-0.3, -0.25) is 9.78 Å². The average molecular weight is 247 g/mol. The third kappa shape index (κ3) is 2.08. The van der Waals surface area contributed by atoms with Crippen LogP contribution in [0.5, 0.6) is 0 Å². The van der Waals surface area contributed by atoms with Crippen molar-refractivity contribution in [2.24, 2.45) is 7.05 Å². The van der Waals surface area contributed by atoms with E-state index in [0.29, 0.717) is 0 Å². The van der Waals surface area contributed by atoms with Gasteiger partial charge in [-0.25, -0.2) is 0 Å². The van der Waals surface area contributed by atoms with Gasteiger partial charge in [-0.1, -0.05) is 0 Å². The van der Waals surface area contributed by atoms with Gasteiger partial charge in [0.1, 0.15) is 5.69 Å². The molecule has 0 unspecified atom stereocenters. The maximum Gasteiger partial charge on any atom is 0.245 e. The minimum Gasteiger partial charge on any atom is -0.338 e. The predicted octanol–water partition coefficient (Wildman–Crippen LogP) is 0.00490. The number of aromatic nitrogens is 5. The molecule has 1 saturated heterocycles. The first-order valence-corrected chi connectivity index (χ1v) is 6.21. The summed E-state index contributed by atoms with van der Waals surface area (Å²) in [7, 11) is 1.90. The molecule has 0 amide bonds. The number of nitrogens with one attached hydrogen (secondary N) is 2. The molecule has 1 aliphatic rings. The van der Waals surface area contributed by atoms with Gasteiger partial charge in [0, 0.05) is 32.9 Å². The monoisotopic (exact) mass is 247 g/mol. The Morgan fingerprint density at radius 2 is 2.22 bits per heavy atom. The van der Waals surface area contributed by atoms with Crippen LogP contribution in [0.25, 0.3) is 11.5 Å². The van der Waals surface area contributed by atoms with Crippen LogP contribution in [0.2, 0.25) is 0 Å². The van der Waals surface area contributed by atoms with Crippen LogP contribution in [0.1, 0.15) is 6.42 Å². The summed E-state index contributed by atoms with van der Waals surface area (Å²) in [5.74, 6) is 1.54.